The fraction of sp³-hybridized carbons (Fsp3) is 0.143. The molecule has 0 aliphatic carbocycles. The molecule has 0 bridgehead atoms. The molecule has 0 aromatic carbocycles. The van der Waals surface area contributed by atoms with E-state index in [0.29, 0.717) is 4.60 Å². The summed E-state index contributed by atoms with van der Waals surface area (Å²) in [6.07, 6.45) is -3.16. The van der Waals surface area contributed by atoms with Gasteiger partial charge in [-0.3, -0.25) is 0 Å². The number of fused-ring (bicyclic) bond motifs is 1. The van der Waals surface area contributed by atoms with Crippen LogP contribution >= 0.6 is 15.9 Å². The van der Waals surface area contributed by atoms with Crippen LogP contribution in [0.2, 0.25) is 0 Å². The molecule has 7 heteroatoms. The van der Waals surface area contributed by atoms with Crippen molar-refractivity contribution in [2.75, 3.05) is 0 Å². The molecule has 0 saturated heterocycles. The maximum atomic E-state index is 12.2. The van der Waals surface area contributed by atoms with E-state index in [1.807, 2.05) is 0 Å². The lowest BCUT2D eigenvalue weighted by Crippen LogP contribution is -2.06. The lowest BCUT2D eigenvalue weighted by Gasteiger charge is -1.98. The first-order valence-electron chi connectivity index (χ1n) is 3.55. The maximum Gasteiger partial charge on any atom is 0.449 e. The fourth-order valence-corrected chi connectivity index (χ4v) is 1.34. The summed E-state index contributed by atoms with van der Waals surface area (Å²) in [5.41, 5.74) is 0.500. The van der Waals surface area contributed by atoms with Gasteiger partial charge in [0, 0.05) is 0 Å². The Bertz CT molecular complexity index is 476. The predicted octanol–water partition coefficient (Wildman–Crippen LogP) is 2.74. The van der Waals surface area contributed by atoms with Crippen molar-refractivity contribution in [3.05, 3.63) is 22.7 Å². The highest BCUT2D eigenvalue weighted by Gasteiger charge is 2.34. The molecule has 74 valence electrons. The largest absolute Gasteiger partial charge is 0.449 e. The second kappa shape index (κ2) is 2.94. The van der Waals surface area contributed by atoms with Crippen LogP contribution in [0.1, 0.15) is 5.82 Å². The summed E-state index contributed by atoms with van der Waals surface area (Å²) in [5.74, 6) is -1.01. The molecule has 2 rings (SSSR count). The SMILES string of the molecule is FC(F)(F)c1nc2cc(Br)ncc2[nH]1. The van der Waals surface area contributed by atoms with Crippen LogP contribution in [0.4, 0.5) is 13.2 Å². The number of aromatic amines is 1. The minimum Gasteiger partial charge on any atom is -0.333 e. The van der Waals surface area contributed by atoms with Gasteiger partial charge in [-0.25, -0.2) is 9.97 Å². The molecule has 2 aromatic rings. The minimum atomic E-state index is -4.45. The lowest BCUT2D eigenvalue weighted by molar-refractivity contribution is -0.144. The Morgan fingerprint density at radius 2 is 2.07 bits per heavy atom. The minimum absolute atomic E-state index is 0.235. The van der Waals surface area contributed by atoms with Crippen molar-refractivity contribution < 1.29 is 13.2 Å². The number of imidazole rings is 1. The van der Waals surface area contributed by atoms with Crippen LogP contribution < -0.4 is 0 Å². The highest BCUT2D eigenvalue weighted by atomic mass is 79.9. The Balaban J connectivity index is 2.63. The number of pyridine rings is 1. The number of nitrogens with zero attached hydrogens (tertiary/aromatic N) is 2. The Kier molecular flexibility index (Phi) is 1.99. The Labute approximate surface area is 84.5 Å². The van der Waals surface area contributed by atoms with Crippen LogP contribution in [0.3, 0.4) is 0 Å². The first-order valence-corrected chi connectivity index (χ1v) is 4.34. The van der Waals surface area contributed by atoms with Crippen LogP contribution in [0.25, 0.3) is 11.0 Å². The molecule has 0 aliphatic rings. The zero-order valence-corrected chi connectivity index (χ0v) is 8.15. The van der Waals surface area contributed by atoms with Gasteiger partial charge >= 0.3 is 6.18 Å². The summed E-state index contributed by atoms with van der Waals surface area (Å²) >= 11 is 3.05. The van der Waals surface area contributed by atoms with Gasteiger partial charge < -0.3 is 4.98 Å². The van der Waals surface area contributed by atoms with Crippen molar-refractivity contribution >= 4 is 27.0 Å². The third-order valence-corrected chi connectivity index (χ3v) is 2.04. The van der Waals surface area contributed by atoms with Crippen LogP contribution in [0.15, 0.2) is 16.9 Å². The number of hydrogen-bond donors (Lipinski definition) is 1. The number of aromatic nitrogens is 3. The number of nitrogens with one attached hydrogen (secondary N) is 1. The van der Waals surface area contributed by atoms with Gasteiger partial charge in [-0.2, -0.15) is 13.2 Å². The molecule has 0 aliphatic heterocycles. The monoisotopic (exact) mass is 265 g/mol. The zero-order valence-electron chi connectivity index (χ0n) is 6.56. The number of rotatable bonds is 0. The van der Waals surface area contributed by atoms with E-state index in [4.69, 9.17) is 0 Å². The number of halogens is 4. The van der Waals surface area contributed by atoms with Crippen molar-refractivity contribution in [1.29, 1.82) is 0 Å². The van der Waals surface area contributed by atoms with Gasteiger partial charge in [-0.1, -0.05) is 0 Å². The first-order chi connectivity index (χ1) is 6.47. The molecule has 1 N–H and O–H groups in total. The molecular weight excluding hydrogens is 263 g/mol. The van der Waals surface area contributed by atoms with Crippen LogP contribution in [-0.2, 0) is 6.18 Å². The van der Waals surface area contributed by atoms with E-state index in [2.05, 4.69) is 30.9 Å². The standard InChI is InChI=1S/C7H3BrF3N3/c8-5-1-3-4(2-12-5)14-6(13-3)7(9,10)11/h1-2H,(H,13,14). The molecule has 2 aromatic heterocycles. The molecular formula is C7H3BrF3N3. The summed E-state index contributed by atoms with van der Waals surface area (Å²) in [5, 5.41) is 0. The zero-order chi connectivity index (χ0) is 10.3. The van der Waals surface area contributed by atoms with Gasteiger partial charge in [0.25, 0.3) is 0 Å². The third kappa shape index (κ3) is 1.59. The Hall–Kier alpha value is -1.11. The topological polar surface area (TPSA) is 41.6 Å². The van der Waals surface area contributed by atoms with E-state index in [-0.39, 0.29) is 11.0 Å². The molecule has 14 heavy (non-hydrogen) atoms. The summed E-state index contributed by atoms with van der Waals surface area (Å²) < 4.78 is 37.1. The lowest BCUT2D eigenvalue weighted by atomic mass is 10.4. The quantitative estimate of drug-likeness (QED) is 0.745. The second-order valence-corrected chi connectivity index (χ2v) is 3.42. The number of alkyl halides is 3. The summed E-state index contributed by atoms with van der Waals surface area (Å²) in [6.45, 7) is 0. The summed E-state index contributed by atoms with van der Waals surface area (Å²) in [4.78, 5) is 9.32. The van der Waals surface area contributed by atoms with E-state index >= 15 is 0 Å². The maximum absolute atomic E-state index is 12.2. The highest BCUT2D eigenvalue weighted by molar-refractivity contribution is 9.10. The highest BCUT2D eigenvalue weighted by Crippen LogP contribution is 2.28. The number of hydrogen-bond acceptors (Lipinski definition) is 2. The van der Waals surface area contributed by atoms with Gasteiger partial charge in [0.05, 0.1) is 17.2 Å². The van der Waals surface area contributed by atoms with E-state index in [9.17, 15) is 13.2 Å². The normalized spacial score (nSPS) is 12.3. The molecule has 0 fully saturated rings. The molecule has 0 unspecified atom stereocenters. The number of H-pyrrole nitrogens is 1. The summed E-state index contributed by atoms with van der Waals surface area (Å²) in [7, 11) is 0. The van der Waals surface area contributed by atoms with Gasteiger partial charge in [-0.05, 0) is 22.0 Å². The second-order valence-electron chi connectivity index (χ2n) is 2.61. The van der Waals surface area contributed by atoms with E-state index in [1.54, 1.807) is 0 Å². The molecule has 0 atom stereocenters. The van der Waals surface area contributed by atoms with Crippen molar-refractivity contribution in [3.8, 4) is 0 Å². The van der Waals surface area contributed by atoms with Gasteiger partial charge in [0.2, 0.25) is 5.82 Å². The van der Waals surface area contributed by atoms with E-state index in [0.717, 1.165) is 0 Å². The molecule has 2 heterocycles. The average molecular weight is 266 g/mol. The van der Waals surface area contributed by atoms with E-state index < -0.39 is 12.0 Å². The first kappa shape index (κ1) is 9.45. The van der Waals surface area contributed by atoms with Crippen LogP contribution in [-0.4, -0.2) is 15.0 Å². The fourth-order valence-electron chi connectivity index (χ4n) is 1.02. The molecule has 0 radical (unpaired) electrons. The van der Waals surface area contributed by atoms with Crippen molar-refractivity contribution in [3.63, 3.8) is 0 Å². The van der Waals surface area contributed by atoms with Crippen molar-refractivity contribution in [2.45, 2.75) is 6.18 Å². The Morgan fingerprint density at radius 1 is 1.36 bits per heavy atom. The van der Waals surface area contributed by atoms with Gasteiger partial charge in [-0.15, -0.1) is 0 Å². The van der Waals surface area contributed by atoms with E-state index in [1.165, 1.54) is 12.3 Å². The third-order valence-electron chi connectivity index (χ3n) is 1.60. The van der Waals surface area contributed by atoms with Gasteiger partial charge in [0.15, 0.2) is 0 Å². The predicted molar refractivity (Wildman–Crippen MR) is 46.6 cm³/mol. The van der Waals surface area contributed by atoms with Gasteiger partial charge in [0.1, 0.15) is 4.60 Å². The van der Waals surface area contributed by atoms with Crippen molar-refractivity contribution in [2.24, 2.45) is 0 Å². The van der Waals surface area contributed by atoms with Crippen LogP contribution in [0, 0.1) is 0 Å². The Morgan fingerprint density at radius 3 is 2.71 bits per heavy atom. The average Bonchev–Trinajstić information content (AvgIpc) is 2.45. The summed E-state index contributed by atoms with van der Waals surface area (Å²) in [6, 6.07) is 1.42. The molecule has 3 nitrogen and oxygen atoms in total. The molecule has 0 amide bonds. The smallest absolute Gasteiger partial charge is 0.333 e. The van der Waals surface area contributed by atoms with Crippen molar-refractivity contribution in [1.82, 2.24) is 15.0 Å². The van der Waals surface area contributed by atoms with Crippen LogP contribution in [0.5, 0.6) is 0 Å². The molecule has 0 saturated carbocycles. The molecule has 0 spiro atoms.